The molecule has 9 nitrogen and oxygen atoms in total. The Labute approximate surface area is 176 Å². The number of ether oxygens (including phenoxy) is 1. The number of rotatable bonds is 10. The molecule has 2 aromatic rings. The Morgan fingerprint density at radius 1 is 0.968 bits per heavy atom. The standard InChI is InChI=1S/C19H21F2N2O7P/c20-19(21,31(26,27)28)29-18(25)16(12-14-9-5-2-6-10-14)23-30-17(24)15(22)11-13-7-3-1-4-8-13/h1-10,15-16,23H,11-12,22H2,(H2,26,27,28)/t15-,16-/m0/s1. The third kappa shape index (κ3) is 7.50. The van der Waals surface area contributed by atoms with Crippen LogP contribution in [-0.4, -0.2) is 39.7 Å². The summed E-state index contributed by atoms with van der Waals surface area (Å²) in [6, 6.07) is 14.0. The van der Waals surface area contributed by atoms with Gasteiger partial charge in [0.1, 0.15) is 12.1 Å². The summed E-state index contributed by atoms with van der Waals surface area (Å²) in [5, 5.41) is 0. The van der Waals surface area contributed by atoms with Crippen LogP contribution in [0, 0.1) is 0 Å². The van der Waals surface area contributed by atoms with E-state index in [0.717, 1.165) is 5.56 Å². The second kappa shape index (κ2) is 10.6. The maximum absolute atomic E-state index is 13.5. The van der Waals surface area contributed by atoms with Crippen LogP contribution in [0.3, 0.4) is 0 Å². The van der Waals surface area contributed by atoms with Crippen molar-refractivity contribution >= 4 is 19.5 Å². The number of hydrogen-bond donors (Lipinski definition) is 4. The highest BCUT2D eigenvalue weighted by Crippen LogP contribution is 2.53. The van der Waals surface area contributed by atoms with Crippen molar-refractivity contribution in [1.82, 2.24) is 5.48 Å². The Balaban J connectivity index is 2.06. The SMILES string of the molecule is N[C@@H](Cc1ccccc1)C(=O)ON[C@@H](Cc1ccccc1)C(=O)OC(F)(F)P(=O)(O)O. The second-order valence-electron chi connectivity index (χ2n) is 6.53. The second-order valence-corrected chi connectivity index (χ2v) is 8.14. The lowest BCUT2D eigenvalue weighted by Gasteiger charge is -2.22. The van der Waals surface area contributed by atoms with Crippen molar-refractivity contribution in [2.75, 3.05) is 0 Å². The molecule has 12 heteroatoms. The van der Waals surface area contributed by atoms with Crippen molar-refractivity contribution < 1.29 is 42.3 Å². The summed E-state index contributed by atoms with van der Waals surface area (Å²) >= 11 is 0. The topological polar surface area (TPSA) is 148 Å². The highest BCUT2D eigenvalue weighted by Gasteiger charge is 2.54. The summed E-state index contributed by atoms with van der Waals surface area (Å²) in [6.07, 6.45) is -0.163. The molecule has 2 rings (SSSR count). The predicted molar refractivity (Wildman–Crippen MR) is 104 cm³/mol. The molecule has 0 aromatic heterocycles. The van der Waals surface area contributed by atoms with Crippen molar-refractivity contribution in [2.45, 2.75) is 30.8 Å². The van der Waals surface area contributed by atoms with Crippen molar-refractivity contribution in [3.05, 3.63) is 71.8 Å². The first-order valence-electron chi connectivity index (χ1n) is 8.95. The van der Waals surface area contributed by atoms with E-state index in [1.165, 1.54) is 0 Å². The Kier molecular flexibility index (Phi) is 8.37. The Morgan fingerprint density at radius 3 is 1.94 bits per heavy atom. The zero-order valence-corrected chi connectivity index (χ0v) is 17.0. The minimum absolute atomic E-state index is 0.116. The van der Waals surface area contributed by atoms with Crippen LogP contribution < -0.4 is 11.2 Å². The molecule has 0 bridgehead atoms. The zero-order valence-electron chi connectivity index (χ0n) is 16.1. The van der Waals surface area contributed by atoms with Crippen molar-refractivity contribution in [3.8, 4) is 0 Å². The molecule has 31 heavy (non-hydrogen) atoms. The normalized spacial score (nSPS) is 13.8. The number of hydroxylamine groups is 1. The van der Waals surface area contributed by atoms with Gasteiger partial charge in [-0.3, -0.25) is 4.79 Å². The maximum Gasteiger partial charge on any atom is 0.506 e. The van der Waals surface area contributed by atoms with E-state index in [4.69, 9.17) is 20.4 Å². The molecule has 2 atom stereocenters. The molecular weight excluding hydrogens is 437 g/mol. The summed E-state index contributed by atoms with van der Waals surface area (Å²) in [6.45, 7) is 0. The first kappa shape index (κ1) is 24.6. The smallest absolute Gasteiger partial charge is 0.390 e. The van der Waals surface area contributed by atoms with Gasteiger partial charge in [-0.25, -0.2) is 9.36 Å². The largest absolute Gasteiger partial charge is 0.506 e. The van der Waals surface area contributed by atoms with Crippen LogP contribution in [0.1, 0.15) is 11.1 Å². The fraction of sp³-hybridized carbons (Fsp3) is 0.263. The molecule has 0 unspecified atom stereocenters. The highest BCUT2D eigenvalue weighted by atomic mass is 31.2. The summed E-state index contributed by atoms with van der Waals surface area (Å²) in [7, 11) is -6.07. The van der Waals surface area contributed by atoms with Crippen LogP contribution in [0.4, 0.5) is 8.78 Å². The lowest BCUT2D eigenvalue weighted by molar-refractivity contribution is -0.204. The minimum atomic E-state index is -6.07. The van der Waals surface area contributed by atoms with Gasteiger partial charge in [0, 0.05) is 6.42 Å². The Hall–Kier alpha value is -2.69. The van der Waals surface area contributed by atoms with E-state index in [0.29, 0.717) is 5.56 Å². The average Bonchev–Trinajstić information content (AvgIpc) is 2.71. The van der Waals surface area contributed by atoms with Gasteiger partial charge in [-0.1, -0.05) is 60.7 Å². The Morgan fingerprint density at radius 2 is 1.45 bits per heavy atom. The highest BCUT2D eigenvalue weighted by molar-refractivity contribution is 7.52. The molecule has 2 aromatic carbocycles. The van der Waals surface area contributed by atoms with Gasteiger partial charge in [0.15, 0.2) is 0 Å². The minimum Gasteiger partial charge on any atom is -0.390 e. The molecule has 0 spiro atoms. The van der Waals surface area contributed by atoms with E-state index in [1.807, 2.05) is 5.48 Å². The number of nitrogens with two attached hydrogens (primary N) is 1. The van der Waals surface area contributed by atoms with E-state index in [2.05, 4.69) is 4.74 Å². The van der Waals surface area contributed by atoms with Crippen LogP contribution in [-0.2, 0) is 36.6 Å². The molecule has 0 fully saturated rings. The van der Waals surface area contributed by atoms with Crippen molar-refractivity contribution in [1.29, 1.82) is 0 Å². The van der Waals surface area contributed by atoms with Crippen LogP contribution in [0.25, 0.3) is 0 Å². The Bertz CT molecular complexity index is 925. The molecule has 0 aliphatic carbocycles. The third-order valence-corrected chi connectivity index (χ3v) is 4.80. The van der Waals surface area contributed by atoms with Gasteiger partial charge >= 0.3 is 25.4 Å². The summed E-state index contributed by atoms with van der Waals surface area (Å²) in [4.78, 5) is 46.4. The third-order valence-electron chi connectivity index (χ3n) is 4.03. The lowest BCUT2D eigenvalue weighted by atomic mass is 10.1. The number of nitrogens with one attached hydrogen (secondary N) is 1. The molecule has 0 saturated carbocycles. The van der Waals surface area contributed by atoms with Crippen LogP contribution in [0.5, 0.6) is 0 Å². The first-order chi connectivity index (χ1) is 14.5. The average molecular weight is 458 g/mol. The molecule has 0 saturated heterocycles. The molecule has 0 aliphatic rings. The molecule has 0 amide bonds. The van der Waals surface area contributed by atoms with Gasteiger partial charge in [-0.05, 0) is 17.5 Å². The number of hydrogen-bond acceptors (Lipinski definition) is 7. The van der Waals surface area contributed by atoms with E-state index >= 15 is 0 Å². The van der Waals surface area contributed by atoms with Crippen LogP contribution in [0.2, 0.25) is 0 Å². The van der Waals surface area contributed by atoms with Crippen molar-refractivity contribution in [3.63, 3.8) is 0 Å². The number of alkyl halides is 2. The molecular formula is C19H21F2N2O7P. The monoisotopic (exact) mass is 458 g/mol. The van der Waals surface area contributed by atoms with Crippen LogP contribution >= 0.6 is 7.60 Å². The van der Waals surface area contributed by atoms with Gasteiger partial charge < -0.3 is 25.1 Å². The van der Waals surface area contributed by atoms with Gasteiger partial charge in [0.2, 0.25) is 0 Å². The zero-order chi connectivity index (χ0) is 23.1. The number of halogens is 2. The van der Waals surface area contributed by atoms with Crippen LogP contribution in [0.15, 0.2) is 60.7 Å². The molecule has 0 radical (unpaired) electrons. The van der Waals surface area contributed by atoms with Gasteiger partial charge in [-0.15, -0.1) is 5.48 Å². The molecule has 0 heterocycles. The van der Waals surface area contributed by atoms with E-state index in [-0.39, 0.29) is 12.8 Å². The summed E-state index contributed by atoms with van der Waals surface area (Å²) in [5.41, 5.74) is 9.00. The maximum atomic E-state index is 13.5. The van der Waals surface area contributed by atoms with E-state index in [1.54, 1.807) is 60.7 Å². The summed E-state index contributed by atoms with van der Waals surface area (Å²) < 4.78 is 41.5. The fourth-order valence-electron chi connectivity index (χ4n) is 2.43. The van der Waals surface area contributed by atoms with E-state index in [9.17, 15) is 22.9 Å². The number of carbonyl (C=O) groups is 2. The van der Waals surface area contributed by atoms with Gasteiger partial charge in [0.05, 0.1) is 0 Å². The number of carbonyl (C=O) groups excluding carboxylic acids is 2. The van der Waals surface area contributed by atoms with E-state index < -0.39 is 37.5 Å². The first-order valence-corrected chi connectivity index (χ1v) is 10.6. The molecule has 168 valence electrons. The number of benzene rings is 2. The van der Waals surface area contributed by atoms with Gasteiger partial charge in [-0.2, -0.15) is 8.78 Å². The lowest BCUT2D eigenvalue weighted by Crippen LogP contribution is -2.46. The quantitative estimate of drug-likeness (QED) is 0.236. The molecule has 0 aliphatic heterocycles. The fourth-order valence-corrected chi connectivity index (χ4v) is 2.64. The predicted octanol–water partition coefficient (Wildman–Crippen LogP) is 1.49. The van der Waals surface area contributed by atoms with Gasteiger partial charge in [0.25, 0.3) is 0 Å². The summed E-state index contributed by atoms with van der Waals surface area (Å²) in [5.74, 6) is -7.76. The number of esters is 1. The molecule has 5 N–H and O–H groups in total. The van der Waals surface area contributed by atoms with Crippen molar-refractivity contribution in [2.24, 2.45) is 5.73 Å².